The molecule has 1 aromatic heterocycles. The first-order chi connectivity index (χ1) is 29.2. The highest BCUT2D eigenvalue weighted by molar-refractivity contribution is 7.59. The molecule has 0 radical (unpaired) electrons. The number of fused-ring (bicyclic) bond motifs is 10. The van der Waals surface area contributed by atoms with Gasteiger partial charge in [-0.3, -0.25) is 0 Å². The Balaban J connectivity index is 0.990. The molecule has 2 nitrogen and oxygen atoms in total. The molecule has 4 aliphatic heterocycles. The van der Waals surface area contributed by atoms with Crippen LogP contribution in [0.1, 0.15) is 94.9 Å². The third kappa shape index (κ3) is 4.39. The summed E-state index contributed by atoms with van der Waals surface area (Å²) in [6.07, 6.45) is 12.5. The van der Waals surface area contributed by atoms with Crippen LogP contribution < -0.4 is 0 Å². The van der Waals surface area contributed by atoms with Gasteiger partial charge in [0.15, 0.2) is 0 Å². The maximum atomic E-state index is 8.43. The van der Waals surface area contributed by atoms with Crippen molar-refractivity contribution in [1.29, 1.82) is 0 Å². The Morgan fingerprint density at radius 1 is 0.550 bits per heavy atom. The maximum Gasteiger partial charge on any atom is 0.116 e. The van der Waals surface area contributed by atoms with Crippen molar-refractivity contribution in [2.75, 3.05) is 12.3 Å². The largest absolute Gasteiger partial charge is 0.354 e. The summed E-state index contributed by atoms with van der Waals surface area (Å²) in [6, 6.07) is 45.2. The highest BCUT2D eigenvalue weighted by Gasteiger charge is 2.66. The van der Waals surface area contributed by atoms with E-state index in [2.05, 4.69) is 148 Å². The highest BCUT2D eigenvalue weighted by atomic mass is 31.1. The Morgan fingerprint density at radius 3 is 2.18 bits per heavy atom. The number of benzene rings is 6. The van der Waals surface area contributed by atoms with Crippen molar-refractivity contribution in [2.24, 2.45) is 41.4 Å². The molecule has 6 bridgehead atoms. The number of ether oxygens (including phenoxy) is 1. The van der Waals surface area contributed by atoms with E-state index in [1.807, 2.05) is 0 Å². The normalized spacial score (nSPS) is 33.9. The zero-order valence-electron chi connectivity index (χ0n) is 35.7. The summed E-state index contributed by atoms with van der Waals surface area (Å²) >= 11 is 0. The van der Waals surface area contributed by atoms with Crippen molar-refractivity contribution in [2.45, 2.75) is 89.0 Å². The zero-order valence-corrected chi connectivity index (χ0v) is 36.6. The summed E-state index contributed by atoms with van der Waals surface area (Å²) in [7, 11) is -0.240. The van der Waals surface area contributed by atoms with Gasteiger partial charge in [0.05, 0.1) is 11.0 Å². The van der Waals surface area contributed by atoms with Crippen LogP contribution in [-0.4, -0.2) is 16.9 Å². The predicted octanol–water partition coefficient (Wildman–Crippen LogP) is 14.9. The van der Waals surface area contributed by atoms with Gasteiger partial charge in [-0.15, -0.1) is 0 Å². The molecular weight excluding hydrogens is 746 g/mol. The molecule has 2 spiro atoms. The Bertz CT molecular complexity index is 2950. The van der Waals surface area contributed by atoms with Gasteiger partial charge in [0.25, 0.3) is 0 Å². The smallest absolute Gasteiger partial charge is 0.116 e. The predicted molar refractivity (Wildman–Crippen MR) is 250 cm³/mol. The molecule has 6 aromatic carbocycles. The van der Waals surface area contributed by atoms with Gasteiger partial charge in [-0.05, 0) is 184 Å². The van der Waals surface area contributed by atoms with Crippen LogP contribution in [-0.2, 0) is 21.1 Å². The first-order valence-electron chi connectivity index (χ1n) is 23.5. The molecule has 0 amide bonds. The van der Waals surface area contributed by atoms with Crippen LogP contribution in [0.15, 0.2) is 115 Å². The fourth-order valence-corrected chi connectivity index (χ4v) is 20.0. The van der Waals surface area contributed by atoms with Gasteiger partial charge in [0.2, 0.25) is 0 Å². The minimum Gasteiger partial charge on any atom is -0.354 e. The molecule has 8 aliphatic rings. The first kappa shape index (κ1) is 35.4. The molecule has 8 atom stereocenters. The first-order valence-corrected chi connectivity index (χ1v) is 25.2. The highest BCUT2D eigenvalue weighted by Crippen LogP contribution is 2.78. The van der Waals surface area contributed by atoms with E-state index >= 15 is 0 Å². The Labute approximate surface area is 356 Å². The Kier molecular flexibility index (Phi) is 7.09. The van der Waals surface area contributed by atoms with Crippen LogP contribution in [0.3, 0.4) is 0 Å². The summed E-state index contributed by atoms with van der Waals surface area (Å²) in [4.78, 5) is 0. The van der Waals surface area contributed by atoms with E-state index in [0.717, 1.165) is 23.7 Å². The SMILES string of the molecule is CC1CC2CC(C)C3(OC4(c5cccc6c(-c7cccc(-n8c9ccccc9c9cc%10c(cc98)-c8ccccc8C%10(C)C)c7)ccc3c56)C3CC5CC(C3)CP4C5)C(C1)C2. The molecule has 60 heavy (non-hydrogen) atoms. The zero-order chi connectivity index (χ0) is 39.9. The van der Waals surface area contributed by atoms with Crippen LogP contribution in [0.4, 0.5) is 0 Å². The van der Waals surface area contributed by atoms with Gasteiger partial charge < -0.3 is 9.30 Å². The molecule has 5 heterocycles. The van der Waals surface area contributed by atoms with E-state index in [4.69, 9.17) is 4.74 Å². The van der Waals surface area contributed by atoms with Crippen LogP contribution in [0.2, 0.25) is 0 Å². The molecule has 3 saturated heterocycles. The lowest BCUT2D eigenvalue weighted by molar-refractivity contribution is -0.242. The quantitative estimate of drug-likeness (QED) is 0.159. The summed E-state index contributed by atoms with van der Waals surface area (Å²) in [6.45, 7) is 9.93. The molecule has 3 saturated carbocycles. The lowest BCUT2D eigenvalue weighted by atomic mass is 9.54. The van der Waals surface area contributed by atoms with Crippen LogP contribution in [0, 0.1) is 41.4 Å². The van der Waals surface area contributed by atoms with Gasteiger partial charge in [0, 0.05) is 21.9 Å². The van der Waals surface area contributed by atoms with Crippen molar-refractivity contribution in [3.8, 4) is 27.9 Å². The van der Waals surface area contributed by atoms with Gasteiger partial charge >= 0.3 is 0 Å². The summed E-state index contributed by atoms with van der Waals surface area (Å²) in [5.41, 5.74) is 14.9. The van der Waals surface area contributed by atoms with Crippen molar-refractivity contribution >= 4 is 40.5 Å². The Morgan fingerprint density at radius 2 is 1.32 bits per heavy atom. The third-order valence-corrected chi connectivity index (χ3v) is 21.5. The van der Waals surface area contributed by atoms with Crippen LogP contribution in [0.25, 0.3) is 60.5 Å². The minimum atomic E-state index is -0.240. The lowest BCUT2D eigenvalue weighted by Gasteiger charge is -2.67. The maximum absolute atomic E-state index is 8.43. The minimum absolute atomic E-state index is 0.0374. The summed E-state index contributed by atoms with van der Waals surface area (Å²) < 4.78 is 11.0. The number of rotatable bonds is 2. The van der Waals surface area contributed by atoms with Crippen molar-refractivity contribution < 1.29 is 4.74 Å². The lowest BCUT2D eigenvalue weighted by Crippen LogP contribution is -2.61. The molecule has 0 N–H and O–H groups in total. The second-order valence-electron chi connectivity index (χ2n) is 21.5. The monoisotopic (exact) mass is 801 g/mol. The van der Waals surface area contributed by atoms with Crippen molar-refractivity contribution in [3.63, 3.8) is 0 Å². The number of hydrogen-bond donors (Lipinski definition) is 0. The van der Waals surface area contributed by atoms with E-state index in [1.165, 1.54) is 129 Å². The average Bonchev–Trinajstić information content (AvgIpc) is 3.69. The molecule has 15 rings (SSSR count). The number of nitrogens with zero attached hydrogens (tertiary/aromatic N) is 1. The molecule has 7 aromatic rings. The van der Waals surface area contributed by atoms with E-state index in [-0.39, 0.29) is 24.3 Å². The summed E-state index contributed by atoms with van der Waals surface area (Å²) in [5, 5.41) is 5.59. The van der Waals surface area contributed by atoms with E-state index in [1.54, 1.807) is 10.9 Å². The van der Waals surface area contributed by atoms with Gasteiger partial charge in [-0.1, -0.05) is 121 Å². The molecule has 8 unspecified atom stereocenters. The van der Waals surface area contributed by atoms with Crippen molar-refractivity contribution in [1.82, 2.24) is 4.57 Å². The fraction of sp³-hybridized carbons (Fsp3) is 0.404. The standard InChI is InChI=1S/C57H56NOP/c1-33-21-35-23-34(2)56(39(22-33)25-35)49-20-19-42(45-15-10-17-50(54(45)49)57(59-56)40-26-36-24-37(27-40)32-60(57)31-36)38-11-9-12-41(28-38)58-52-18-8-6-14-44(52)47-29-51-46(30-53(47)58)43-13-5-7-16-48(43)55(51,3)4/h5-20,28-30,33-37,39-40H,21-27,31-32H2,1-4H3. The van der Waals surface area contributed by atoms with Gasteiger partial charge in [-0.2, -0.15) is 0 Å². The average molecular weight is 802 g/mol. The molecule has 300 valence electrons. The molecule has 4 aliphatic carbocycles. The number of aromatic nitrogens is 1. The van der Waals surface area contributed by atoms with Gasteiger partial charge in [0.1, 0.15) is 10.9 Å². The second-order valence-corrected chi connectivity index (χ2v) is 24.0. The topological polar surface area (TPSA) is 14.2 Å². The van der Waals surface area contributed by atoms with Gasteiger partial charge in [-0.25, -0.2) is 0 Å². The molecular formula is C57H56NOP. The molecule has 6 fully saturated rings. The second kappa shape index (κ2) is 12.0. The summed E-state index contributed by atoms with van der Waals surface area (Å²) in [5.74, 6) is 5.27. The Hall–Kier alpha value is -4.23. The number of hydrogen-bond acceptors (Lipinski definition) is 1. The van der Waals surface area contributed by atoms with E-state index < -0.39 is 0 Å². The van der Waals surface area contributed by atoms with E-state index in [0.29, 0.717) is 17.8 Å². The third-order valence-electron chi connectivity index (χ3n) is 17.9. The number of para-hydroxylation sites is 1. The molecule has 3 heteroatoms. The van der Waals surface area contributed by atoms with E-state index in [9.17, 15) is 0 Å². The van der Waals surface area contributed by atoms with Crippen molar-refractivity contribution in [3.05, 3.63) is 138 Å². The van der Waals surface area contributed by atoms with Crippen LogP contribution in [0.5, 0.6) is 0 Å². The van der Waals surface area contributed by atoms with Crippen LogP contribution >= 0.6 is 7.92 Å². The fourth-order valence-electron chi connectivity index (χ4n) is 15.9.